The van der Waals surface area contributed by atoms with Crippen LogP contribution in [0.25, 0.3) is 10.6 Å². The molecule has 8 heteroatoms. The molecule has 0 spiro atoms. The van der Waals surface area contributed by atoms with Gasteiger partial charge in [-0.15, -0.1) is 11.3 Å². The molecule has 0 aliphatic rings. The van der Waals surface area contributed by atoms with Gasteiger partial charge in [-0.05, 0) is 30.3 Å². The minimum Gasteiger partial charge on any atom is -0.477 e. The van der Waals surface area contributed by atoms with Crippen molar-refractivity contribution in [3.05, 3.63) is 59.4 Å². The Bertz CT molecular complexity index is 903. The van der Waals surface area contributed by atoms with Gasteiger partial charge in [0.2, 0.25) is 5.91 Å². The van der Waals surface area contributed by atoms with Crippen LogP contribution in [0.3, 0.4) is 0 Å². The summed E-state index contributed by atoms with van der Waals surface area (Å²) in [5.74, 6) is -1.91. The number of halogens is 1. The monoisotopic (exact) mass is 345 g/mol. The van der Waals surface area contributed by atoms with Crippen molar-refractivity contribution in [3.8, 4) is 10.6 Å². The molecule has 1 amide bonds. The van der Waals surface area contributed by atoms with Crippen molar-refractivity contribution in [1.29, 1.82) is 0 Å². The molecule has 24 heavy (non-hydrogen) atoms. The smallest absolute Gasteiger partial charge is 0.345 e. The van der Waals surface area contributed by atoms with Crippen LogP contribution in [0.4, 0.5) is 10.1 Å². The van der Waals surface area contributed by atoms with E-state index in [9.17, 15) is 14.0 Å². The van der Waals surface area contributed by atoms with Crippen LogP contribution in [0.5, 0.6) is 0 Å². The first-order chi connectivity index (χ1) is 11.5. The highest BCUT2D eigenvalue weighted by Gasteiger charge is 2.12. The molecular weight excluding hydrogens is 333 g/mol. The maximum absolute atomic E-state index is 13.5. The molecule has 122 valence electrons. The van der Waals surface area contributed by atoms with Crippen molar-refractivity contribution in [2.24, 2.45) is 0 Å². The highest BCUT2D eigenvalue weighted by molar-refractivity contribution is 7.17. The second-order valence-electron chi connectivity index (χ2n) is 4.90. The number of hydrogen-bond donors (Lipinski definition) is 2. The zero-order valence-corrected chi connectivity index (χ0v) is 13.1. The number of amides is 1. The number of carboxylic acids is 1. The maximum atomic E-state index is 13.5. The van der Waals surface area contributed by atoms with Gasteiger partial charge in [-0.2, -0.15) is 5.10 Å². The molecule has 2 N–H and O–H groups in total. The summed E-state index contributed by atoms with van der Waals surface area (Å²) >= 11 is 1.11. The minimum atomic E-state index is -0.991. The van der Waals surface area contributed by atoms with Crippen LogP contribution in [0, 0.1) is 5.82 Å². The first kappa shape index (κ1) is 15.9. The highest BCUT2D eigenvalue weighted by Crippen LogP contribution is 2.26. The van der Waals surface area contributed by atoms with Gasteiger partial charge in [0.1, 0.15) is 22.9 Å². The van der Waals surface area contributed by atoms with Crippen LogP contribution >= 0.6 is 11.3 Å². The molecule has 0 saturated heterocycles. The summed E-state index contributed by atoms with van der Waals surface area (Å²) in [5, 5.41) is 15.6. The molecule has 0 unspecified atom stereocenters. The molecule has 0 fully saturated rings. The van der Waals surface area contributed by atoms with Crippen LogP contribution in [0.15, 0.2) is 48.7 Å². The van der Waals surface area contributed by atoms with Gasteiger partial charge in [-0.3, -0.25) is 9.48 Å². The Morgan fingerprint density at radius 3 is 2.71 bits per heavy atom. The number of thiophene rings is 1. The molecule has 0 atom stereocenters. The van der Waals surface area contributed by atoms with E-state index >= 15 is 0 Å². The molecule has 3 aromatic rings. The van der Waals surface area contributed by atoms with Crippen molar-refractivity contribution in [3.63, 3.8) is 0 Å². The molecule has 0 aliphatic heterocycles. The standard InChI is InChI=1S/C16H12FN3O3S/c17-10-3-1-2-4-11(10)18-15(21)9-20-8-7-12(19-20)13-5-6-14(24-13)16(22)23/h1-8H,9H2,(H,18,21)(H,22,23). The lowest BCUT2D eigenvalue weighted by atomic mass is 10.3. The zero-order valence-electron chi connectivity index (χ0n) is 12.3. The van der Waals surface area contributed by atoms with E-state index < -0.39 is 17.7 Å². The number of hydrogen-bond acceptors (Lipinski definition) is 4. The number of benzene rings is 1. The van der Waals surface area contributed by atoms with Crippen molar-refractivity contribution >= 4 is 28.9 Å². The predicted octanol–water partition coefficient (Wildman–Crippen LogP) is 3.09. The summed E-state index contributed by atoms with van der Waals surface area (Å²) in [4.78, 5) is 23.8. The predicted molar refractivity (Wildman–Crippen MR) is 87.5 cm³/mol. The van der Waals surface area contributed by atoms with Gasteiger partial charge >= 0.3 is 5.97 Å². The fourth-order valence-electron chi connectivity index (χ4n) is 2.07. The molecule has 0 saturated carbocycles. The van der Waals surface area contributed by atoms with Crippen molar-refractivity contribution in [2.75, 3.05) is 5.32 Å². The summed E-state index contributed by atoms with van der Waals surface area (Å²) in [6.07, 6.45) is 1.61. The van der Waals surface area contributed by atoms with Gasteiger partial charge < -0.3 is 10.4 Å². The molecule has 0 aliphatic carbocycles. The minimum absolute atomic E-state index is 0.0779. The Morgan fingerprint density at radius 1 is 1.21 bits per heavy atom. The number of carbonyl (C=O) groups excluding carboxylic acids is 1. The van der Waals surface area contributed by atoms with Gasteiger partial charge in [0.05, 0.1) is 10.6 Å². The Morgan fingerprint density at radius 2 is 2.00 bits per heavy atom. The Kier molecular flexibility index (Phi) is 4.39. The summed E-state index contributed by atoms with van der Waals surface area (Å²) < 4.78 is 14.9. The van der Waals surface area contributed by atoms with Gasteiger partial charge in [-0.1, -0.05) is 12.1 Å². The third kappa shape index (κ3) is 3.49. The summed E-state index contributed by atoms with van der Waals surface area (Å²) in [7, 11) is 0. The first-order valence-electron chi connectivity index (χ1n) is 6.94. The van der Waals surface area contributed by atoms with Crippen LogP contribution in [-0.2, 0) is 11.3 Å². The van der Waals surface area contributed by atoms with E-state index in [0.717, 1.165) is 11.3 Å². The van der Waals surface area contributed by atoms with E-state index in [0.29, 0.717) is 10.6 Å². The molecule has 0 bridgehead atoms. The number of aromatic nitrogens is 2. The average molecular weight is 345 g/mol. The largest absolute Gasteiger partial charge is 0.477 e. The quantitative estimate of drug-likeness (QED) is 0.744. The maximum Gasteiger partial charge on any atom is 0.345 e. The van der Waals surface area contributed by atoms with E-state index in [4.69, 9.17) is 5.11 Å². The van der Waals surface area contributed by atoms with Crippen LogP contribution in [0.1, 0.15) is 9.67 Å². The van der Waals surface area contributed by atoms with Crippen molar-refractivity contribution < 1.29 is 19.1 Å². The molecule has 2 aromatic heterocycles. The number of para-hydroxylation sites is 1. The second kappa shape index (κ2) is 6.63. The Hall–Kier alpha value is -3.00. The lowest BCUT2D eigenvalue weighted by Crippen LogP contribution is -2.19. The number of nitrogens with zero attached hydrogens (tertiary/aromatic N) is 2. The van der Waals surface area contributed by atoms with E-state index in [1.165, 1.54) is 28.9 Å². The average Bonchev–Trinajstić information content (AvgIpc) is 3.18. The molecule has 6 nitrogen and oxygen atoms in total. The number of anilines is 1. The van der Waals surface area contributed by atoms with Crippen molar-refractivity contribution in [1.82, 2.24) is 9.78 Å². The number of nitrogens with one attached hydrogen (secondary N) is 1. The van der Waals surface area contributed by atoms with Crippen molar-refractivity contribution in [2.45, 2.75) is 6.54 Å². The highest BCUT2D eigenvalue weighted by atomic mass is 32.1. The van der Waals surface area contributed by atoms with Gasteiger partial charge in [0, 0.05) is 6.20 Å². The van der Waals surface area contributed by atoms with E-state index in [1.54, 1.807) is 24.4 Å². The van der Waals surface area contributed by atoms with Crippen LogP contribution in [-0.4, -0.2) is 26.8 Å². The lowest BCUT2D eigenvalue weighted by molar-refractivity contribution is -0.116. The Labute approximate surface area is 140 Å². The lowest BCUT2D eigenvalue weighted by Gasteiger charge is -2.06. The number of aromatic carboxylic acids is 1. The SMILES string of the molecule is O=C(Cn1ccc(-c2ccc(C(=O)O)s2)n1)Nc1ccccc1F. The third-order valence-electron chi connectivity index (χ3n) is 3.16. The zero-order chi connectivity index (χ0) is 17.1. The summed E-state index contributed by atoms with van der Waals surface area (Å²) in [6.45, 7) is -0.0779. The van der Waals surface area contributed by atoms with Gasteiger partial charge in [-0.25, -0.2) is 9.18 Å². The first-order valence-corrected chi connectivity index (χ1v) is 7.76. The van der Waals surface area contributed by atoms with Gasteiger partial charge in [0.15, 0.2) is 0 Å². The second-order valence-corrected chi connectivity index (χ2v) is 5.98. The van der Waals surface area contributed by atoms with E-state index in [-0.39, 0.29) is 17.1 Å². The molecule has 2 heterocycles. The fraction of sp³-hybridized carbons (Fsp3) is 0.0625. The molecular formula is C16H12FN3O3S. The number of carboxylic acid groups (broad SMARTS) is 1. The van der Waals surface area contributed by atoms with E-state index in [2.05, 4.69) is 10.4 Å². The van der Waals surface area contributed by atoms with Gasteiger partial charge in [0.25, 0.3) is 0 Å². The number of rotatable bonds is 5. The fourth-order valence-corrected chi connectivity index (χ4v) is 2.88. The van der Waals surface area contributed by atoms with Crippen LogP contribution in [0.2, 0.25) is 0 Å². The summed E-state index contributed by atoms with van der Waals surface area (Å²) in [5.41, 5.74) is 0.686. The molecule has 0 radical (unpaired) electrons. The molecule has 3 rings (SSSR count). The van der Waals surface area contributed by atoms with Crippen LogP contribution < -0.4 is 5.32 Å². The topological polar surface area (TPSA) is 84.2 Å². The molecule has 1 aromatic carbocycles. The number of carbonyl (C=O) groups is 2. The third-order valence-corrected chi connectivity index (χ3v) is 4.26. The normalized spacial score (nSPS) is 10.5. The Balaban J connectivity index is 1.68. The summed E-state index contributed by atoms with van der Waals surface area (Å²) in [6, 6.07) is 10.8. The van der Waals surface area contributed by atoms with E-state index in [1.807, 2.05) is 0 Å².